The molecule has 0 spiro atoms. The third-order valence-corrected chi connectivity index (χ3v) is 3.32. The number of aryl methyl sites for hydroxylation is 1. The molecule has 0 bridgehead atoms. The van der Waals surface area contributed by atoms with E-state index in [-0.39, 0.29) is 11.9 Å². The quantitative estimate of drug-likeness (QED) is 0.874. The second-order valence-electron chi connectivity index (χ2n) is 4.83. The van der Waals surface area contributed by atoms with Crippen molar-refractivity contribution in [1.29, 1.82) is 0 Å². The Labute approximate surface area is 116 Å². The van der Waals surface area contributed by atoms with Crippen LogP contribution in [-0.2, 0) is 4.79 Å². The average Bonchev–Trinajstić information content (AvgIpc) is 3.09. The highest BCUT2D eigenvalue weighted by atomic mass is 16.2. The van der Waals surface area contributed by atoms with Crippen molar-refractivity contribution in [2.75, 3.05) is 16.8 Å². The number of hydrogen-bond donors (Lipinski definition) is 2. The summed E-state index contributed by atoms with van der Waals surface area (Å²) in [6.07, 6.45) is 5.13. The minimum absolute atomic E-state index is 0.0681. The number of carbonyl (C=O) groups excluding carboxylic acids is 1. The molecule has 3 rings (SSSR count). The van der Waals surface area contributed by atoms with Crippen molar-refractivity contribution in [3.05, 3.63) is 30.2 Å². The first kappa shape index (κ1) is 12.6. The van der Waals surface area contributed by atoms with E-state index in [1.807, 2.05) is 11.8 Å². The molecule has 1 amide bonds. The summed E-state index contributed by atoms with van der Waals surface area (Å²) in [5, 5.41) is 9.65. The maximum absolute atomic E-state index is 12.3. The number of nitrogens with one attached hydrogen (secondary N) is 2. The third kappa shape index (κ3) is 2.47. The number of aromatic amines is 1. The van der Waals surface area contributed by atoms with Gasteiger partial charge in [0.15, 0.2) is 5.82 Å². The lowest BCUT2D eigenvalue weighted by Crippen LogP contribution is -2.40. The van der Waals surface area contributed by atoms with Crippen LogP contribution in [0.1, 0.15) is 18.5 Å². The van der Waals surface area contributed by atoms with Crippen molar-refractivity contribution >= 4 is 17.7 Å². The molecule has 7 nitrogen and oxygen atoms in total. The van der Waals surface area contributed by atoms with E-state index in [0.29, 0.717) is 11.8 Å². The van der Waals surface area contributed by atoms with Crippen LogP contribution in [0.15, 0.2) is 24.5 Å². The lowest BCUT2D eigenvalue weighted by molar-refractivity contribution is -0.117. The smallest absolute Gasteiger partial charge is 0.248 e. The highest BCUT2D eigenvalue weighted by molar-refractivity contribution is 5.96. The molecule has 1 aliphatic heterocycles. The van der Waals surface area contributed by atoms with Crippen molar-refractivity contribution in [3.8, 4) is 0 Å². The molecule has 7 heteroatoms. The molecule has 1 atom stereocenters. The standard InChI is InChI=1S/C13H16N6O/c1-9-8-11(18-17-9)16-12(20)10-4-2-7-19(10)13-14-5-3-6-15-13/h3,5-6,8,10H,2,4,7H2,1H3,(H2,16,17,18,20). The number of anilines is 2. The molecule has 2 aromatic heterocycles. The molecule has 1 unspecified atom stereocenters. The summed E-state index contributed by atoms with van der Waals surface area (Å²) in [5.41, 5.74) is 0.912. The fraction of sp³-hybridized carbons (Fsp3) is 0.385. The van der Waals surface area contributed by atoms with E-state index in [1.165, 1.54) is 0 Å². The molecule has 104 valence electrons. The van der Waals surface area contributed by atoms with Crippen LogP contribution in [0.4, 0.5) is 11.8 Å². The van der Waals surface area contributed by atoms with E-state index < -0.39 is 0 Å². The maximum atomic E-state index is 12.3. The summed E-state index contributed by atoms with van der Waals surface area (Å²) in [7, 11) is 0. The van der Waals surface area contributed by atoms with Gasteiger partial charge in [0.2, 0.25) is 11.9 Å². The molecular weight excluding hydrogens is 256 g/mol. The fourth-order valence-corrected chi connectivity index (χ4v) is 2.41. The molecule has 0 aromatic carbocycles. The molecule has 1 saturated heterocycles. The molecular formula is C13H16N6O. The minimum atomic E-state index is -0.241. The van der Waals surface area contributed by atoms with E-state index in [2.05, 4.69) is 25.5 Å². The highest BCUT2D eigenvalue weighted by Crippen LogP contribution is 2.22. The predicted octanol–water partition coefficient (Wildman–Crippen LogP) is 1.12. The van der Waals surface area contributed by atoms with Gasteiger partial charge in [-0.05, 0) is 25.8 Å². The number of amides is 1. The Hall–Kier alpha value is -2.44. The summed E-state index contributed by atoms with van der Waals surface area (Å²) in [6, 6.07) is 3.33. The van der Waals surface area contributed by atoms with Gasteiger partial charge in [0.1, 0.15) is 6.04 Å². The molecule has 3 heterocycles. The first-order valence-electron chi connectivity index (χ1n) is 6.60. The van der Waals surface area contributed by atoms with Gasteiger partial charge >= 0.3 is 0 Å². The summed E-state index contributed by atoms with van der Waals surface area (Å²) in [6.45, 7) is 2.68. The number of carbonyl (C=O) groups is 1. The monoisotopic (exact) mass is 272 g/mol. The van der Waals surface area contributed by atoms with Gasteiger partial charge in [-0.15, -0.1) is 0 Å². The van der Waals surface area contributed by atoms with Crippen molar-refractivity contribution in [1.82, 2.24) is 20.2 Å². The Balaban J connectivity index is 1.73. The van der Waals surface area contributed by atoms with Crippen molar-refractivity contribution in [3.63, 3.8) is 0 Å². The molecule has 2 N–H and O–H groups in total. The number of rotatable bonds is 3. The van der Waals surface area contributed by atoms with Gasteiger partial charge < -0.3 is 10.2 Å². The van der Waals surface area contributed by atoms with Gasteiger partial charge in [-0.3, -0.25) is 9.89 Å². The van der Waals surface area contributed by atoms with E-state index in [4.69, 9.17) is 0 Å². The Morgan fingerprint density at radius 2 is 2.25 bits per heavy atom. The lowest BCUT2D eigenvalue weighted by atomic mass is 10.2. The summed E-state index contributed by atoms with van der Waals surface area (Å²) in [4.78, 5) is 22.7. The van der Waals surface area contributed by atoms with Crippen LogP contribution in [-0.4, -0.2) is 38.7 Å². The van der Waals surface area contributed by atoms with Gasteiger partial charge in [0, 0.05) is 30.7 Å². The Morgan fingerprint density at radius 3 is 2.95 bits per heavy atom. The summed E-state index contributed by atoms with van der Waals surface area (Å²) >= 11 is 0. The van der Waals surface area contributed by atoms with Gasteiger partial charge in [-0.2, -0.15) is 5.10 Å². The van der Waals surface area contributed by atoms with Crippen LogP contribution in [0, 0.1) is 6.92 Å². The number of H-pyrrole nitrogens is 1. The molecule has 1 fully saturated rings. The average molecular weight is 272 g/mol. The molecule has 0 radical (unpaired) electrons. The van der Waals surface area contributed by atoms with Crippen LogP contribution < -0.4 is 10.2 Å². The molecule has 0 aliphatic carbocycles. The van der Waals surface area contributed by atoms with E-state index in [1.54, 1.807) is 24.5 Å². The molecule has 1 aliphatic rings. The Morgan fingerprint density at radius 1 is 1.45 bits per heavy atom. The van der Waals surface area contributed by atoms with E-state index in [9.17, 15) is 4.79 Å². The van der Waals surface area contributed by atoms with Crippen LogP contribution in [0.3, 0.4) is 0 Å². The van der Waals surface area contributed by atoms with E-state index in [0.717, 1.165) is 25.1 Å². The third-order valence-electron chi connectivity index (χ3n) is 3.32. The van der Waals surface area contributed by atoms with Crippen LogP contribution in [0.25, 0.3) is 0 Å². The van der Waals surface area contributed by atoms with Gasteiger partial charge in [-0.1, -0.05) is 0 Å². The van der Waals surface area contributed by atoms with E-state index >= 15 is 0 Å². The van der Waals surface area contributed by atoms with Crippen LogP contribution in [0.2, 0.25) is 0 Å². The Kier molecular flexibility index (Phi) is 3.32. The maximum Gasteiger partial charge on any atom is 0.248 e. The first-order chi connectivity index (χ1) is 9.74. The van der Waals surface area contributed by atoms with Gasteiger partial charge in [-0.25, -0.2) is 9.97 Å². The van der Waals surface area contributed by atoms with Gasteiger partial charge in [0.05, 0.1) is 0 Å². The molecule has 20 heavy (non-hydrogen) atoms. The van der Waals surface area contributed by atoms with Crippen molar-refractivity contribution in [2.45, 2.75) is 25.8 Å². The normalized spacial score (nSPS) is 18.2. The second kappa shape index (κ2) is 5.28. The minimum Gasteiger partial charge on any atom is -0.329 e. The SMILES string of the molecule is Cc1cc(NC(=O)C2CCCN2c2ncccn2)n[nH]1. The van der Waals surface area contributed by atoms with Crippen LogP contribution >= 0.6 is 0 Å². The topological polar surface area (TPSA) is 86.8 Å². The predicted molar refractivity (Wildman–Crippen MR) is 74.4 cm³/mol. The van der Waals surface area contributed by atoms with Crippen LogP contribution in [0.5, 0.6) is 0 Å². The number of aromatic nitrogens is 4. The zero-order valence-corrected chi connectivity index (χ0v) is 11.2. The first-order valence-corrected chi connectivity index (χ1v) is 6.60. The summed E-state index contributed by atoms with van der Waals surface area (Å²) in [5.74, 6) is 1.08. The zero-order valence-electron chi connectivity index (χ0n) is 11.2. The van der Waals surface area contributed by atoms with Crippen molar-refractivity contribution in [2.24, 2.45) is 0 Å². The van der Waals surface area contributed by atoms with Crippen molar-refractivity contribution < 1.29 is 4.79 Å². The number of hydrogen-bond acceptors (Lipinski definition) is 5. The Bertz CT molecular complexity index is 596. The second-order valence-corrected chi connectivity index (χ2v) is 4.83. The highest BCUT2D eigenvalue weighted by Gasteiger charge is 2.32. The summed E-state index contributed by atoms with van der Waals surface area (Å²) < 4.78 is 0. The molecule has 2 aromatic rings. The lowest BCUT2D eigenvalue weighted by Gasteiger charge is -2.23. The molecule has 0 saturated carbocycles. The number of nitrogens with zero attached hydrogens (tertiary/aromatic N) is 4. The fourth-order valence-electron chi connectivity index (χ4n) is 2.41. The van der Waals surface area contributed by atoms with Gasteiger partial charge in [0.25, 0.3) is 0 Å². The zero-order chi connectivity index (χ0) is 13.9. The largest absolute Gasteiger partial charge is 0.329 e.